The molecule has 0 fully saturated rings. The zero-order chi connectivity index (χ0) is 14.5. The Morgan fingerprint density at radius 3 is 2.40 bits per heavy atom. The Morgan fingerprint density at radius 2 is 1.75 bits per heavy atom. The summed E-state index contributed by atoms with van der Waals surface area (Å²) in [6.45, 7) is 2.52. The minimum absolute atomic E-state index is 0.253. The second kappa shape index (κ2) is 7.09. The van der Waals surface area contributed by atoms with Crippen LogP contribution in [0.1, 0.15) is 30.2 Å². The lowest BCUT2D eigenvalue weighted by Gasteiger charge is -2.25. The fourth-order valence-corrected chi connectivity index (χ4v) is 2.60. The number of hydrogen-bond donors (Lipinski definition) is 1. The van der Waals surface area contributed by atoms with Crippen molar-refractivity contribution in [3.63, 3.8) is 0 Å². The van der Waals surface area contributed by atoms with Crippen molar-refractivity contribution in [1.82, 2.24) is 0 Å². The molecule has 4 heteroatoms. The van der Waals surface area contributed by atoms with Crippen molar-refractivity contribution in [2.24, 2.45) is 5.73 Å². The van der Waals surface area contributed by atoms with Gasteiger partial charge in [0.1, 0.15) is 6.10 Å². The summed E-state index contributed by atoms with van der Waals surface area (Å²) >= 11 is 12.3. The van der Waals surface area contributed by atoms with Crippen molar-refractivity contribution >= 4 is 23.2 Å². The highest BCUT2D eigenvalue weighted by atomic mass is 35.5. The number of nitrogens with two attached hydrogens (primary N) is 1. The molecular weight excluding hydrogens is 293 g/mol. The smallest absolute Gasteiger partial charge is 0.102 e. The third kappa shape index (κ3) is 3.33. The zero-order valence-corrected chi connectivity index (χ0v) is 12.7. The number of rotatable bonds is 5. The van der Waals surface area contributed by atoms with Crippen LogP contribution in [-0.2, 0) is 4.74 Å². The van der Waals surface area contributed by atoms with Crippen LogP contribution in [0.2, 0.25) is 10.0 Å². The van der Waals surface area contributed by atoms with Crippen molar-refractivity contribution in [3.8, 4) is 0 Å². The molecule has 0 aliphatic rings. The van der Waals surface area contributed by atoms with Crippen LogP contribution < -0.4 is 5.73 Å². The summed E-state index contributed by atoms with van der Waals surface area (Å²) in [6, 6.07) is 15.0. The van der Waals surface area contributed by atoms with Gasteiger partial charge in [-0.3, -0.25) is 0 Å². The van der Waals surface area contributed by atoms with Gasteiger partial charge in [-0.2, -0.15) is 0 Å². The van der Waals surface area contributed by atoms with Gasteiger partial charge in [-0.05, 0) is 24.1 Å². The van der Waals surface area contributed by atoms with Gasteiger partial charge in [0, 0.05) is 6.61 Å². The molecule has 0 aliphatic carbocycles. The predicted molar refractivity (Wildman–Crippen MR) is 84.2 cm³/mol. The van der Waals surface area contributed by atoms with Gasteiger partial charge in [-0.1, -0.05) is 65.7 Å². The van der Waals surface area contributed by atoms with Crippen molar-refractivity contribution in [2.75, 3.05) is 6.61 Å². The van der Waals surface area contributed by atoms with E-state index in [9.17, 15) is 0 Å². The van der Waals surface area contributed by atoms with E-state index in [1.54, 1.807) is 6.07 Å². The van der Waals surface area contributed by atoms with Gasteiger partial charge in [0.05, 0.1) is 16.1 Å². The molecular formula is C16H17Cl2NO. The highest BCUT2D eigenvalue weighted by Gasteiger charge is 2.24. The van der Waals surface area contributed by atoms with E-state index in [0.717, 1.165) is 11.1 Å². The van der Waals surface area contributed by atoms with Gasteiger partial charge in [0.2, 0.25) is 0 Å². The van der Waals surface area contributed by atoms with E-state index in [0.29, 0.717) is 16.7 Å². The maximum absolute atomic E-state index is 6.36. The Bertz CT molecular complexity index is 560. The van der Waals surface area contributed by atoms with Gasteiger partial charge in [-0.15, -0.1) is 0 Å². The highest BCUT2D eigenvalue weighted by molar-refractivity contribution is 6.42. The van der Waals surface area contributed by atoms with E-state index in [-0.39, 0.29) is 12.1 Å². The minimum atomic E-state index is -0.372. The second-order valence-corrected chi connectivity index (χ2v) is 5.24. The van der Waals surface area contributed by atoms with E-state index < -0.39 is 0 Å². The van der Waals surface area contributed by atoms with Gasteiger partial charge >= 0.3 is 0 Å². The quantitative estimate of drug-likeness (QED) is 0.863. The molecule has 0 aliphatic heterocycles. The molecule has 2 N–H and O–H groups in total. The van der Waals surface area contributed by atoms with Crippen LogP contribution in [0.4, 0.5) is 0 Å². The van der Waals surface area contributed by atoms with Crippen LogP contribution in [0.15, 0.2) is 48.5 Å². The number of ether oxygens (including phenoxy) is 1. The van der Waals surface area contributed by atoms with Crippen molar-refractivity contribution < 1.29 is 4.74 Å². The first-order valence-electron chi connectivity index (χ1n) is 6.51. The maximum atomic E-state index is 6.36. The summed E-state index contributed by atoms with van der Waals surface area (Å²) in [5, 5.41) is 0.991. The average molecular weight is 310 g/mol. The molecule has 0 amide bonds. The molecule has 106 valence electrons. The van der Waals surface area contributed by atoms with E-state index >= 15 is 0 Å². The van der Waals surface area contributed by atoms with Crippen molar-refractivity contribution in [3.05, 3.63) is 69.7 Å². The Hall–Kier alpha value is -1.06. The molecule has 0 radical (unpaired) electrons. The summed E-state index contributed by atoms with van der Waals surface area (Å²) < 4.78 is 5.81. The van der Waals surface area contributed by atoms with Crippen LogP contribution >= 0.6 is 23.2 Å². The number of halogens is 2. The molecule has 2 unspecified atom stereocenters. The van der Waals surface area contributed by atoms with Crippen LogP contribution in [0, 0.1) is 0 Å². The Kier molecular flexibility index (Phi) is 5.44. The highest BCUT2D eigenvalue weighted by Crippen LogP contribution is 2.36. The molecule has 0 spiro atoms. The molecule has 2 aromatic carbocycles. The van der Waals surface area contributed by atoms with Gasteiger partial charge < -0.3 is 10.5 Å². The maximum Gasteiger partial charge on any atom is 0.102 e. The molecule has 2 aromatic rings. The molecule has 0 aromatic heterocycles. The van der Waals surface area contributed by atoms with E-state index in [1.165, 1.54) is 0 Å². The number of hydrogen-bond acceptors (Lipinski definition) is 2. The first-order valence-corrected chi connectivity index (χ1v) is 7.26. The lowest BCUT2D eigenvalue weighted by molar-refractivity contribution is 0.0429. The van der Waals surface area contributed by atoms with E-state index in [2.05, 4.69) is 0 Å². The third-order valence-electron chi connectivity index (χ3n) is 3.14. The first kappa shape index (κ1) is 15.3. The Labute approximate surface area is 129 Å². The molecule has 0 heterocycles. The number of benzene rings is 2. The first-order chi connectivity index (χ1) is 9.65. The standard InChI is InChI=1S/C16H17Cl2NO/c1-2-20-16(11-7-4-3-5-8-11)15(19)12-9-6-10-13(17)14(12)18/h3-10,15-16H,2,19H2,1H3. The third-order valence-corrected chi connectivity index (χ3v) is 3.97. The zero-order valence-electron chi connectivity index (χ0n) is 11.2. The monoisotopic (exact) mass is 309 g/mol. The summed E-state index contributed by atoms with van der Waals surface area (Å²) in [7, 11) is 0. The molecule has 20 heavy (non-hydrogen) atoms. The summed E-state index contributed by atoms with van der Waals surface area (Å²) in [5.41, 5.74) is 8.18. The lowest BCUT2D eigenvalue weighted by atomic mass is 9.96. The predicted octanol–water partition coefficient (Wildman–Crippen LogP) is 4.77. The van der Waals surface area contributed by atoms with E-state index in [4.69, 9.17) is 33.7 Å². The summed E-state index contributed by atoms with van der Waals surface area (Å²) in [6.07, 6.45) is -0.253. The second-order valence-electron chi connectivity index (χ2n) is 4.46. The van der Waals surface area contributed by atoms with E-state index in [1.807, 2.05) is 49.4 Å². The molecule has 2 nitrogen and oxygen atoms in total. The van der Waals surface area contributed by atoms with Crippen molar-refractivity contribution in [1.29, 1.82) is 0 Å². The topological polar surface area (TPSA) is 35.2 Å². The Balaban J connectivity index is 2.36. The fraction of sp³-hybridized carbons (Fsp3) is 0.250. The van der Waals surface area contributed by atoms with Crippen LogP contribution in [0.25, 0.3) is 0 Å². The molecule has 0 saturated carbocycles. The van der Waals surface area contributed by atoms with Gasteiger partial charge in [-0.25, -0.2) is 0 Å². The lowest BCUT2D eigenvalue weighted by Crippen LogP contribution is -2.22. The molecule has 2 rings (SSSR count). The SMILES string of the molecule is CCOC(c1ccccc1)C(N)c1cccc(Cl)c1Cl. The van der Waals surface area contributed by atoms with Crippen LogP contribution in [0.3, 0.4) is 0 Å². The minimum Gasteiger partial charge on any atom is -0.372 e. The molecule has 0 saturated heterocycles. The van der Waals surface area contributed by atoms with Crippen molar-refractivity contribution in [2.45, 2.75) is 19.1 Å². The summed E-state index contributed by atoms with van der Waals surface area (Å²) in [4.78, 5) is 0. The normalized spacial score (nSPS) is 14.0. The molecule has 0 bridgehead atoms. The van der Waals surface area contributed by atoms with Gasteiger partial charge in [0.15, 0.2) is 0 Å². The van der Waals surface area contributed by atoms with Crippen LogP contribution in [-0.4, -0.2) is 6.61 Å². The fourth-order valence-electron chi connectivity index (χ4n) is 2.17. The van der Waals surface area contributed by atoms with Gasteiger partial charge in [0.25, 0.3) is 0 Å². The average Bonchev–Trinajstić information content (AvgIpc) is 2.48. The van der Waals surface area contributed by atoms with Crippen LogP contribution in [0.5, 0.6) is 0 Å². The Morgan fingerprint density at radius 1 is 1.05 bits per heavy atom. The summed E-state index contributed by atoms with van der Waals surface area (Å²) in [5.74, 6) is 0. The molecule has 2 atom stereocenters. The largest absolute Gasteiger partial charge is 0.372 e.